The van der Waals surface area contributed by atoms with Crippen LogP contribution in [0.15, 0.2) is 12.1 Å². The Morgan fingerprint density at radius 1 is 1.24 bits per heavy atom. The van der Waals surface area contributed by atoms with Crippen molar-refractivity contribution in [1.29, 1.82) is 0 Å². The van der Waals surface area contributed by atoms with Gasteiger partial charge in [0.25, 0.3) is 0 Å². The molecule has 1 fully saturated rings. The van der Waals surface area contributed by atoms with Gasteiger partial charge in [0.2, 0.25) is 5.91 Å². The summed E-state index contributed by atoms with van der Waals surface area (Å²) in [5.74, 6) is -3.61. The third kappa shape index (κ3) is 3.29. The number of nitrogens with one attached hydrogen (secondary N) is 1. The van der Waals surface area contributed by atoms with Crippen molar-refractivity contribution in [2.75, 3.05) is 32.1 Å². The summed E-state index contributed by atoms with van der Waals surface area (Å²) in [7, 11) is 1.08. The van der Waals surface area contributed by atoms with Crippen LogP contribution in [0.25, 0.3) is 0 Å². The van der Waals surface area contributed by atoms with E-state index in [1.165, 1.54) is 6.07 Å². The number of carbonyl (C=O) groups excluding carboxylic acids is 2. The SMILES string of the molecule is COC(=O)c1ccc(NCC(=O)N2CCCC2)c(F)c1F. The van der Waals surface area contributed by atoms with Gasteiger partial charge in [0, 0.05) is 13.1 Å². The lowest BCUT2D eigenvalue weighted by Gasteiger charge is -2.16. The summed E-state index contributed by atoms with van der Waals surface area (Å²) in [6.45, 7) is 1.27. The number of carbonyl (C=O) groups is 2. The second-order valence-electron chi connectivity index (χ2n) is 4.72. The zero-order valence-corrected chi connectivity index (χ0v) is 11.6. The van der Waals surface area contributed by atoms with Gasteiger partial charge in [0.15, 0.2) is 11.6 Å². The summed E-state index contributed by atoms with van der Waals surface area (Å²) in [6.07, 6.45) is 1.92. The molecule has 114 valence electrons. The molecule has 2 rings (SSSR count). The molecule has 1 aliphatic rings. The van der Waals surface area contributed by atoms with Crippen molar-refractivity contribution < 1.29 is 23.1 Å². The van der Waals surface area contributed by atoms with Gasteiger partial charge in [-0.15, -0.1) is 0 Å². The fraction of sp³-hybridized carbons (Fsp3) is 0.429. The number of anilines is 1. The van der Waals surface area contributed by atoms with Gasteiger partial charge in [-0.2, -0.15) is 0 Å². The number of nitrogens with zero attached hydrogens (tertiary/aromatic N) is 1. The van der Waals surface area contributed by atoms with Crippen LogP contribution in [0.4, 0.5) is 14.5 Å². The summed E-state index contributed by atoms with van der Waals surface area (Å²) in [5.41, 5.74) is -0.640. The maximum atomic E-state index is 13.8. The van der Waals surface area contributed by atoms with Crippen molar-refractivity contribution >= 4 is 17.6 Å². The highest BCUT2D eigenvalue weighted by molar-refractivity contribution is 5.90. The Bertz CT molecular complexity index is 557. The van der Waals surface area contributed by atoms with E-state index in [2.05, 4.69) is 10.1 Å². The van der Waals surface area contributed by atoms with E-state index < -0.39 is 23.2 Å². The third-order valence-corrected chi connectivity index (χ3v) is 3.38. The van der Waals surface area contributed by atoms with Crippen molar-refractivity contribution in [3.8, 4) is 0 Å². The van der Waals surface area contributed by atoms with Crippen LogP contribution in [0.1, 0.15) is 23.2 Å². The molecule has 1 aromatic carbocycles. The van der Waals surface area contributed by atoms with Crippen LogP contribution in [0.5, 0.6) is 0 Å². The number of methoxy groups -OCH3 is 1. The molecule has 0 saturated carbocycles. The largest absolute Gasteiger partial charge is 0.465 e. The topological polar surface area (TPSA) is 58.6 Å². The molecule has 1 heterocycles. The van der Waals surface area contributed by atoms with Gasteiger partial charge in [0.05, 0.1) is 24.9 Å². The van der Waals surface area contributed by atoms with Crippen LogP contribution >= 0.6 is 0 Å². The predicted octanol–water partition coefficient (Wildman–Crippen LogP) is 1.79. The standard InChI is InChI=1S/C14H16F2N2O3/c1-21-14(20)9-4-5-10(13(16)12(9)15)17-8-11(19)18-6-2-3-7-18/h4-5,17H,2-3,6-8H2,1H3. The lowest BCUT2D eigenvalue weighted by molar-refractivity contribution is -0.128. The Balaban J connectivity index is 2.05. The number of esters is 1. The summed E-state index contributed by atoms with van der Waals surface area (Å²) in [4.78, 5) is 24.7. The molecule has 7 heteroatoms. The predicted molar refractivity (Wildman–Crippen MR) is 72.0 cm³/mol. The van der Waals surface area contributed by atoms with Crippen molar-refractivity contribution in [1.82, 2.24) is 4.90 Å². The molecule has 0 spiro atoms. The van der Waals surface area contributed by atoms with Gasteiger partial charge in [-0.3, -0.25) is 4.79 Å². The Hall–Kier alpha value is -2.18. The zero-order valence-electron chi connectivity index (χ0n) is 11.6. The second kappa shape index (κ2) is 6.51. The molecule has 0 aliphatic carbocycles. The summed E-state index contributed by atoms with van der Waals surface area (Å²) in [5, 5.41) is 2.56. The summed E-state index contributed by atoms with van der Waals surface area (Å²) >= 11 is 0. The first kappa shape index (κ1) is 15.2. The van der Waals surface area contributed by atoms with Crippen molar-refractivity contribution in [3.63, 3.8) is 0 Å². The van der Waals surface area contributed by atoms with Crippen LogP contribution in [0, 0.1) is 11.6 Å². The van der Waals surface area contributed by atoms with E-state index >= 15 is 0 Å². The van der Waals surface area contributed by atoms with Gasteiger partial charge < -0.3 is 15.0 Å². The van der Waals surface area contributed by atoms with Gasteiger partial charge in [-0.05, 0) is 25.0 Å². The molecule has 1 saturated heterocycles. The van der Waals surface area contributed by atoms with Crippen LogP contribution in [-0.2, 0) is 9.53 Å². The number of halogens is 2. The molecule has 0 aromatic heterocycles. The Morgan fingerprint density at radius 3 is 2.52 bits per heavy atom. The molecule has 1 N–H and O–H groups in total. The molecular weight excluding hydrogens is 282 g/mol. The molecule has 1 aromatic rings. The fourth-order valence-corrected chi connectivity index (χ4v) is 2.20. The van der Waals surface area contributed by atoms with Crippen LogP contribution in [-0.4, -0.2) is 43.5 Å². The first-order chi connectivity index (χ1) is 10.0. The van der Waals surface area contributed by atoms with Gasteiger partial charge >= 0.3 is 5.97 Å². The van der Waals surface area contributed by atoms with Gasteiger partial charge in [0.1, 0.15) is 0 Å². The van der Waals surface area contributed by atoms with E-state index in [0.717, 1.165) is 26.0 Å². The molecule has 21 heavy (non-hydrogen) atoms. The quantitative estimate of drug-likeness (QED) is 0.861. The molecule has 0 unspecified atom stereocenters. The molecule has 0 radical (unpaired) electrons. The Morgan fingerprint density at radius 2 is 1.90 bits per heavy atom. The average molecular weight is 298 g/mol. The van der Waals surface area contributed by atoms with Crippen LogP contribution in [0.2, 0.25) is 0 Å². The van der Waals surface area contributed by atoms with E-state index in [9.17, 15) is 18.4 Å². The van der Waals surface area contributed by atoms with Crippen LogP contribution < -0.4 is 5.32 Å². The molecule has 0 bridgehead atoms. The summed E-state index contributed by atoms with van der Waals surface area (Å²) < 4.78 is 31.9. The minimum atomic E-state index is -1.29. The monoisotopic (exact) mass is 298 g/mol. The lowest BCUT2D eigenvalue weighted by Crippen LogP contribution is -2.33. The lowest BCUT2D eigenvalue weighted by atomic mass is 10.2. The smallest absolute Gasteiger partial charge is 0.340 e. The Labute approximate surface area is 120 Å². The first-order valence-electron chi connectivity index (χ1n) is 6.62. The highest BCUT2D eigenvalue weighted by Crippen LogP contribution is 2.21. The number of benzene rings is 1. The number of hydrogen-bond acceptors (Lipinski definition) is 4. The highest BCUT2D eigenvalue weighted by atomic mass is 19.2. The van der Waals surface area contributed by atoms with Gasteiger partial charge in [-0.1, -0.05) is 0 Å². The fourth-order valence-electron chi connectivity index (χ4n) is 2.20. The summed E-state index contributed by atoms with van der Waals surface area (Å²) in [6, 6.07) is 2.33. The number of ether oxygens (including phenoxy) is 1. The molecule has 0 atom stereocenters. The molecular formula is C14H16F2N2O3. The van der Waals surface area contributed by atoms with Crippen LogP contribution in [0.3, 0.4) is 0 Å². The minimum Gasteiger partial charge on any atom is -0.465 e. The molecule has 5 nitrogen and oxygen atoms in total. The number of rotatable bonds is 4. The van der Waals surface area contributed by atoms with E-state index in [1.54, 1.807) is 4.90 Å². The molecule has 1 amide bonds. The van der Waals surface area contributed by atoms with Crippen molar-refractivity contribution in [2.45, 2.75) is 12.8 Å². The minimum absolute atomic E-state index is 0.117. The average Bonchev–Trinajstić information content (AvgIpc) is 3.02. The second-order valence-corrected chi connectivity index (χ2v) is 4.72. The van der Waals surface area contributed by atoms with E-state index in [0.29, 0.717) is 13.1 Å². The van der Waals surface area contributed by atoms with Crippen molar-refractivity contribution in [2.24, 2.45) is 0 Å². The first-order valence-corrected chi connectivity index (χ1v) is 6.62. The van der Waals surface area contributed by atoms with E-state index in [4.69, 9.17) is 0 Å². The van der Waals surface area contributed by atoms with E-state index in [1.807, 2.05) is 0 Å². The normalized spacial score (nSPS) is 14.1. The third-order valence-electron chi connectivity index (χ3n) is 3.38. The maximum Gasteiger partial charge on any atom is 0.340 e. The Kier molecular flexibility index (Phi) is 4.72. The number of likely N-dealkylation sites (tertiary alicyclic amines) is 1. The van der Waals surface area contributed by atoms with E-state index in [-0.39, 0.29) is 18.1 Å². The van der Waals surface area contributed by atoms with Gasteiger partial charge in [-0.25, -0.2) is 13.6 Å². The highest BCUT2D eigenvalue weighted by Gasteiger charge is 2.21. The number of amides is 1. The maximum absolute atomic E-state index is 13.8. The number of hydrogen-bond donors (Lipinski definition) is 1. The zero-order chi connectivity index (χ0) is 15.4. The molecule has 1 aliphatic heterocycles. The van der Waals surface area contributed by atoms with Crippen molar-refractivity contribution in [3.05, 3.63) is 29.3 Å².